The zero-order chi connectivity index (χ0) is 16.9. The highest BCUT2D eigenvalue weighted by Gasteiger charge is 2.10. The van der Waals surface area contributed by atoms with Gasteiger partial charge in [0.05, 0.1) is 18.4 Å². The number of aromatic nitrogens is 4. The zero-order valence-corrected chi connectivity index (χ0v) is 13.4. The van der Waals surface area contributed by atoms with Crippen LogP contribution in [0.1, 0.15) is 17.3 Å². The van der Waals surface area contributed by atoms with E-state index in [0.717, 1.165) is 11.1 Å². The van der Waals surface area contributed by atoms with Gasteiger partial charge in [0.2, 0.25) is 5.88 Å². The van der Waals surface area contributed by atoms with Crippen LogP contribution < -0.4 is 10.1 Å². The van der Waals surface area contributed by atoms with Crippen LogP contribution in [-0.4, -0.2) is 32.3 Å². The molecule has 0 aromatic carbocycles. The molecule has 0 spiro atoms. The Kier molecular flexibility index (Phi) is 4.51. The van der Waals surface area contributed by atoms with E-state index in [2.05, 4.69) is 20.4 Å². The average Bonchev–Trinajstić information content (AvgIpc) is 3.02. The smallest absolute Gasteiger partial charge is 0.258 e. The number of hydrogen-bond donors (Lipinski definition) is 1. The summed E-state index contributed by atoms with van der Waals surface area (Å²) in [7, 11) is 1.84. The lowest BCUT2D eigenvalue weighted by molar-refractivity contribution is 0.102. The third kappa shape index (κ3) is 3.57. The molecule has 3 rings (SSSR count). The van der Waals surface area contributed by atoms with Crippen molar-refractivity contribution in [3.05, 3.63) is 54.6 Å². The summed E-state index contributed by atoms with van der Waals surface area (Å²) >= 11 is 0. The molecule has 0 aliphatic carbocycles. The Hall–Kier alpha value is -3.22. The number of nitrogens with zero attached hydrogens (tertiary/aromatic N) is 4. The molecule has 3 aromatic rings. The Bertz CT molecular complexity index is 859. The van der Waals surface area contributed by atoms with E-state index in [4.69, 9.17) is 4.74 Å². The first kappa shape index (κ1) is 15.7. The van der Waals surface area contributed by atoms with Crippen LogP contribution in [0, 0.1) is 0 Å². The number of pyridine rings is 2. The number of carbonyl (C=O) groups excluding carboxylic acids is 1. The number of hydrogen-bond acceptors (Lipinski definition) is 5. The Morgan fingerprint density at radius 1 is 1.25 bits per heavy atom. The van der Waals surface area contributed by atoms with E-state index < -0.39 is 0 Å². The van der Waals surface area contributed by atoms with Gasteiger partial charge in [-0.3, -0.25) is 14.5 Å². The topological polar surface area (TPSA) is 81.9 Å². The standard InChI is InChI=1S/C17H17N5O2/c1-3-24-16-6-4-5-15(20-16)21-17(23)13-7-12(8-18-9-13)14-10-19-22(2)11-14/h4-11H,3H2,1-2H3,(H,20,21,23). The van der Waals surface area contributed by atoms with Crippen LogP contribution in [0.15, 0.2) is 49.1 Å². The van der Waals surface area contributed by atoms with E-state index in [9.17, 15) is 4.79 Å². The monoisotopic (exact) mass is 323 g/mol. The molecule has 7 nitrogen and oxygen atoms in total. The van der Waals surface area contributed by atoms with Gasteiger partial charge in [-0.2, -0.15) is 10.1 Å². The molecule has 3 aromatic heterocycles. The second-order valence-electron chi connectivity index (χ2n) is 5.11. The Balaban J connectivity index is 1.79. The minimum atomic E-state index is -0.283. The summed E-state index contributed by atoms with van der Waals surface area (Å²) in [6, 6.07) is 6.99. The molecule has 122 valence electrons. The van der Waals surface area contributed by atoms with Crippen molar-refractivity contribution in [2.24, 2.45) is 7.05 Å². The van der Waals surface area contributed by atoms with Crippen molar-refractivity contribution in [1.82, 2.24) is 19.7 Å². The molecular weight excluding hydrogens is 306 g/mol. The fourth-order valence-corrected chi connectivity index (χ4v) is 2.19. The molecule has 0 aliphatic rings. The molecule has 0 atom stereocenters. The molecular formula is C17H17N5O2. The first-order chi connectivity index (χ1) is 11.7. The molecule has 24 heavy (non-hydrogen) atoms. The first-order valence-corrected chi connectivity index (χ1v) is 7.51. The van der Waals surface area contributed by atoms with E-state index in [1.807, 2.05) is 20.2 Å². The van der Waals surface area contributed by atoms with Gasteiger partial charge in [-0.25, -0.2) is 0 Å². The van der Waals surface area contributed by atoms with Gasteiger partial charge in [0.1, 0.15) is 5.82 Å². The fourth-order valence-electron chi connectivity index (χ4n) is 2.19. The number of nitrogens with one attached hydrogen (secondary N) is 1. The summed E-state index contributed by atoms with van der Waals surface area (Å²) in [5.74, 6) is 0.615. The van der Waals surface area contributed by atoms with Crippen molar-refractivity contribution in [2.45, 2.75) is 6.92 Å². The molecule has 0 saturated heterocycles. The third-order valence-electron chi connectivity index (χ3n) is 3.30. The van der Waals surface area contributed by atoms with E-state index in [0.29, 0.717) is 23.9 Å². The van der Waals surface area contributed by atoms with Crippen LogP contribution in [-0.2, 0) is 7.05 Å². The fraction of sp³-hybridized carbons (Fsp3) is 0.176. The molecule has 0 unspecified atom stereocenters. The number of aryl methyl sites for hydroxylation is 1. The van der Waals surface area contributed by atoms with Gasteiger partial charge in [0, 0.05) is 42.8 Å². The minimum absolute atomic E-state index is 0.283. The average molecular weight is 323 g/mol. The highest BCUT2D eigenvalue weighted by atomic mass is 16.5. The number of ether oxygens (including phenoxy) is 1. The molecule has 0 aliphatic heterocycles. The summed E-state index contributed by atoms with van der Waals surface area (Å²) < 4.78 is 7.03. The summed E-state index contributed by atoms with van der Waals surface area (Å²) in [4.78, 5) is 20.8. The van der Waals surface area contributed by atoms with Crippen LogP contribution in [0.5, 0.6) is 5.88 Å². The number of anilines is 1. The molecule has 0 saturated carbocycles. The van der Waals surface area contributed by atoms with Gasteiger partial charge in [-0.1, -0.05) is 6.07 Å². The zero-order valence-electron chi connectivity index (χ0n) is 13.4. The van der Waals surface area contributed by atoms with Crippen molar-refractivity contribution in [2.75, 3.05) is 11.9 Å². The maximum absolute atomic E-state index is 12.4. The van der Waals surface area contributed by atoms with Crippen LogP contribution in [0.25, 0.3) is 11.1 Å². The maximum Gasteiger partial charge on any atom is 0.258 e. The Morgan fingerprint density at radius 2 is 2.12 bits per heavy atom. The Labute approximate surface area is 139 Å². The van der Waals surface area contributed by atoms with Gasteiger partial charge in [-0.15, -0.1) is 0 Å². The summed E-state index contributed by atoms with van der Waals surface area (Å²) in [5, 5.41) is 6.88. The molecule has 0 fully saturated rings. The lowest BCUT2D eigenvalue weighted by Gasteiger charge is -2.07. The van der Waals surface area contributed by atoms with Gasteiger partial charge >= 0.3 is 0 Å². The van der Waals surface area contributed by atoms with Gasteiger partial charge in [0.25, 0.3) is 5.91 Å². The maximum atomic E-state index is 12.4. The lowest BCUT2D eigenvalue weighted by Crippen LogP contribution is -2.13. The van der Waals surface area contributed by atoms with Crippen molar-refractivity contribution in [3.8, 4) is 17.0 Å². The molecule has 1 amide bonds. The van der Waals surface area contributed by atoms with Crippen LogP contribution in [0.3, 0.4) is 0 Å². The Morgan fingerprint density at radius 3 is 2.88 bits per heavy atom. The SMILES string of the molecule is CCOc1cccc(NC(=O)c2cncc(-c3cnn(C)c3)c2)n1. The van der Waals surface area contributed by atoms with Gasteiger partial charge in [0.15, 0.2) is 0 Å². The van der Waals surface area contributed by atoms with Crippen molar-refractivity contribution in [3.63, 3.8) is 0 Å². The molecule has 3 heterocycles. The first-order valence-electron chi connectivity index (χ1n) is 7.51. The summed E-state index contributed by atoms with van der Waals surface area (Å²) in [5.41, 5.74) is 2.17. The van der Waals surface area contributed by atoms with E-state index in [-0.39, 0.29) is 5.91 Å². The van der Waals surface area contributed by atoms with Crippen LogP contribution >= 0.6 is 0 Å². The van der Waals surface area contributed by atoms with Gasteiger partial charge < -0.3 is 10.1 Å². The largest absolute Gasteiger partial charge is 0.478 e. The molecule has 7 heteroatoms. The van der Waals surface area contributed by atoms with Crippen molar-refractivity contribution < 1.29 is 9.53 Å². The highest BCUT2D eigenvalue weighted by Crippen LogP contribution is 2.19. The van der Waals surface area contributed by atoms with Crippen LogP contribution in [0.2, 0.25) is 0 Å². The van der Waals surface area contributed by atoms with Crippen LogP contribution in [0.4, 0.5) is 5.82 Å². The summed E-state index contributed by atoms with van der Waals surface area (Å²) in [6.07, 6.45) is 6.81. The predicted molar refractivity (Wildman–Crippen MR) is 89.8 cm³/mol. The number of rotatable bonds is 5. The molecule has 1 N–H and O–H groups in total. The third-order valence-corrected chi connectivity index (χ3v) is 3.30. The van der Waals surface area contributed by atoms with Crippen molar-refractivity contribution in [1.29, 1.82) is 0 Å². The van der Waals surface area contributed by atoms with E-state index in [1.165, 1.54) is 6.20 Å². The predicted octanol–water partition coefficient (Wildman–Crippen LogP) is 2.53. The molecule has 0 bridgehead atoms. The number of carbonyl (C=O) groups is 1. The summed E-state index contributed by atoms with van der Waals surface area (Å²) in [6.45, 7) is 2.39. The second kappa shape index (κ2) is 6.91. The quantitative estimate of drug-likeness (QED) is 0.780. The molecule has 0 radical (unpaired) electrons. The normalized spacial score (nSPS) is 10.4. The number of amides is 1. The van der Waals surface area contributed by atoms with E-state index >= 15 is 0 Å². The van der Waals surface area contributed by atoms with Gasteiger partial charge in [-0.05, 0) is 19.1 Å². The lowest BCUT2D eigenvalue weighted by atomic mass is 10.1. The second-order valence-corrected chi connectivity index (χ2v) is 5.11. The minimum Gasteiger partial charge on any atom is -0.478 e. The van der Waals surface area contributed by atoms with E-state index in [1.54, 1.807) is 41.3 Å². The van der Waals surface area contributed by atoms with Crippen molar-refractivity contribution >= 4 is 11.7 Å². The highest BCUT2D eigenvalue weighted by molar-refractivity contribution is 6.04.